The van der Waals surface area contributed by atoms with Gasteiger partial charge in [0.2, 0.25) is 0 Å². The van der Waals surface area contributed by atoms with E-state index in [1.165, 1.54) is 24.9 Å². The first kappa shape index (κ1) is 11.7. The Hall–Kier alpha value is -0.820. The molecule has 1 heteroatoms. The van der Waals surface area contributed by atoms with Gasteiger partial charge in [0.05, 0.1) is 0 Å². The Morgan fingerprint density at radius 2 is 2.06 bits per heavy atom. The molecule has 2 rings (SSSR count). The topological polar surface area (TPSA) is 12.0 Å². The normalized spacial score (nSPS) is 25.4. The first-order chi connectivity index (χ1) is 7.83. The molecular weight excluding hydrogens is 194 g/mol. The van der Waals surface area contributed by atoms with Crippen molar-refractivity contribution >= 4 is 0 Å². The summed E-state index contributed by atoms with van der Waals surface area (Å²) < 4.78 is 0. The molecule has 0 saturated heterocycles. The molecule has 0 aromatic heterocycles. The molecule has 1 aliphatic carbocycles. The van der Waals surface area contributed by atoms with Crippen LogP contribution in [0.25, 0.3) is 0 Å². The van der Waals surface area contributed by atoms with E-state index in [4.69, 9.17) is 0 Å². The Labute approximate surface area is 99.3 Å². The highest BCUT2D eigenvalue weighted by Crippen LogP contribution is 2.51. The van der Waals surface area contributed by atoms with Crippen molar-refractivity contribution in [1.29, 1.82) is 0 Å². The molecule has 0 bridgehead atoms. The van der Waals surface area contributed by atoms with Crippen LogP contribution in [0, 0.1) is 11.8 Å². The predicted molar refractivity (Wildman–Crippen MR) is 69.6 cm³/mol. The maximum absolute atomic E-state index is 3.53. The van der Waals surface area contributed by atoms with E-state index in [1.807, 2.05) is 0 Å². The molecule has 0 amide bonds. The fraction of sp³-hybridized carbons (Fsp3) is 0.600. The average molecular weight is 217 g/mol. The largest absolute Gasteiger partial charge is 0.316 e. The van der Waals surface area contributed by atoms with Gasteiger partial charge in [-0.3, -0.25) is 0 Å². The molecule has 0 spiro atoms. The minimum atomic E-state index is 0.816. The molecule has 0 radical (unpaired) electrons. The van der Waals surface area contributed by atoms with Gasteiger partial charge in [0.1, 0.15) is 0 Å². The third-order valence-corrected chi connectivity index (χ3v) is 3.69. The van der Waals surface area contributed by atoms with Crippen LogP contribution in [0.5, 0.6) is 0 Å². The molecule has 3 atom stereocenters. The Morgan fingerprint density at radius 1 is 1.31 bits per heavy atom. The number of benzene rings is 1. The first-order valence-corrected chi connectivity index (χ1v) is 6.58. The quantitative estimate of drug-likeness (QED) is 0.720. The number of hydrogen-bond acceptors (Lipinski definition) is 1. The van der Waals surface area contributed by atoms with Crippen molar-refractivity contribution < 1.29 is 0 Å². The SMILES string of the molecule is CCCNCC(C)C1CC1c1ccccc1. The molecular formula is C15H23N. The van der Waals surface area contributed by atoms with Crippen molar-refractivity contribution in [3.05, 3.63) is 35.9 Å². The average Bonchev–Trinajstić information content (AvgIpc) is 3.10. The maximum Gasteiger partial charge on any atom is -0.00203 e. The van der Waals surface area contributed by atoms with Crippen LogP contribution in [0.3, 0.4) is 0 Å². The van der Waals surface area contributed by atoms with Gasteiger partial charge in [0.25, 0.3) is 0 Å². The highest BCUT2D eigenvalue weighted by molar-refractivity contribution is 5.25. The second-order valence-corrected chi connectivity index (χ2v) is 5.10. The van der Waals surface area contributed by atoms with E-state index in [1.54, 1.807) is 0 Å². The van der Waals surface area contributed by atoms with E-state index in [0.717, 1.165) is 24.3 Å². The molecule has 1 fully saturated rings. The van der Waals surface area contributed by atoms with Crippen LogP contribution >= 0.6 is 0 Å². The standard InChI is InChI=1S/C15H23N/c1-3-9-16-11-12(2)14-10-15(14)13-7-5-4-6-8-13/h4-8,12,14-16H,3,9-11H2,1-2H3. The lowest BCUT2D eigenvalue weighted by Gasteiger charge is -2.12. The minimum absolute atomic E-state index is 0.816. The van der Waals surface area contributed by atoms with E-state index in [2.05, 4.69) is 49.5 Å². The van der Waals surface area contributed by atoms with E-state index in [9.17, 15) is 0 Å². The first-order valence-electron chi connectivity index (χ1n) is 6.58. The van der Waals surface area contributed by atoms with Gasteiger partial charge >= 0.3 is 0 Å². The minimum Gasteiger partial charge on any atom is -0.316 e. The molecule has 1 aliphatic rings. The summed E-state index contributed by atoms with van der Waals surface area (Å²) in [5.74, 6) is 2.56. The smallest absolute Gasteiger partial charge is 0.00203 e. The predicted octanol–water partition coefficient (Wildman–Crippen LogP) is 3.43. The van der Waals surface area contributed by atoms with Gasteiger partial charge in [0.15, 0.2) is 0 Å². The summed E-state index contributed by atoms with van der Waals surface area (Å²) in [6.45, 7) is 6.95. The fourth-order valence-corrected chi connectivity index (χ4v) is 2.58. The van der Waals surface area contributed by atoms with E-state index >= 15 is 0 Å². The van der Waals surface area contributed by atoms with Crippen LogP contribution in [-0.2, 0) is 0 Å². The lowest BCUT2D eigenvalue weighted by Crippen LogP contribution is -2.23. The maximum atomic E-state index is 3.53. The summed E-state index contributed by atoms with van der Waals surface area (Å²) in [4.78, 5) is 0. The zero-order valence-corrected chi connectivity index (χ0v) is 10.4. The number of nitrogens with one attached hydrogen (secondary N) is 1. The van der Waals surface area contributed by atoms with Crippen LogP contribution < -0.4 is 5.32 Å². The molecule has 1 nitrogen and oxygen atoms in total. The Balaban J connectivity index is 1.78. The molecule has 0 aliphatic heterocycles. The van der Waals surface area contributed by atoms with Crippen LogP contribution in [-0.4, -0.2) is 13.1 Å². The van der Waals surface area contributed by atoms with Gasteiger partial charge in [-0.05, 0) is 49.2 Å². The molecule has 1 aromatic carbocycles. The van der Waals surface area contributed by atoms with Gasteiger partial charge in [0, 0.05) is 0 Å². The monoisotopic (exact) mass is 217 g/mol. The third kappa shape index (κ3) is 2.85. The second-order valence-electron chi connectivity index (χ2n) is 5.10. The second kappa shape index (κ2) is 5.49. The molecule has 88 valence electrons. The van der Waals surface area contributed by atoms with Gasteiger partial charge in [-0.25, -0.2) is 0 Å². The Morgan fingerprint density at radius 3 is 2.75 bits per heavy atom. The van der Waals surface area contributed by atoms with Crippen molar-refractivity contribution in [3.63, 3.8) is 0 Å². The zero-order valence-electron chi connectivity index (χ0n) is 10.4. The number of hydrogen-bond donors (Lipinski definition) is 1. The van der Waals surface area contributed by atoms with Gasteiger partial charge < -0.3 is 5.32 Å². The Bertz CT molecular complexity index is 306. The van der Waals surface area contributed by atoms with Crippen LogP contribution in [0.1, 0.15) is 38.2 Å². The summed E-state index contributed by atoms with van der Waals surface area (Å²) in [6.07, 6.45) is 2.62. The summed E-state index contributed by atoms with van der Waals surface area (Å²) in [5, 5.41) is 3.53. The molecule has 1 saturated carbocycles. The van der Waals surface area contributed by atoms with Gasteiger partial charge in [-0.15, -0.1) is 0 Å². The van der Waals surface area contributed by atoms with Crippen molar-refractivity contribution in [2.45, 2.75) is 32.6 Å². The van der Waals surface area contributed by atoms with Crippen LogP contribution in [0.4, 0.5) is 0 Å². The van der Waals surface area contributed by atoms with Crippen molar-refractivity contribution in [2.75, 3.05) is 13.1 Å². The Kier molecular flexibility index (Phi) is 4.00. The molecule has 1 aromatic rings. The number of rotatable bonds is 6. The molecule has 16 heavy (non-hydrogen) atoms. The molecule has 0 heterocycles. The van der Waals surface area contributed by atoms with Gasteiger partial charge in [-0.1, -0.05) is 44.2 Å². The van der Waals surface area contributed by atoms with Crippen molar-refractivity contribution in [3.8, 4) is 0 Å². The van der Waals surface area contributed by atoms with E-state index in [-0.39, 0.29) is 0 Å². The van der Waals surface area contributed by atoms with Crippen LogP contribution in [0.2, 0.25) is 0 Å². The van der Waals surface area contributed by atoms with Crippen molar-refractivity contribution in [2.24, 2.45) is 11.8 Å². The highest BCUT2D eigenvalue weighted by atomic mass is 14.9. The zero-order chi connectivity index (χ0) is 11.4. The fourth-order valence-electron chi connectivity index (χ4n) is 2.58. The van der Waals surface area contributed by atoms with E-state index in [0.29, 0.717) is 0 Å². The van der Waals surface area contributed by atoms with Crippen molar-refractivity contribution in [1.82, 2.24) is 5.32 Å². The lowest BCUT2D eigenvalue weighted by molar-refractivity contribution is 0.454. The lowest BCUT2D eigenvalue weighted by atomic mass is 10.0. The summed E-state index contributed by atoms with van der Waals surface area (Å²) in [6, 6.07) is 11.0. The van der Waals surface area contributed by atoms with Crippen LogP contribution in [0.15, 0.2) is 30.3 Å². The molecule has 1 N–H and O–H groups in total. The summed E-state index contributed by atoms with van der Waals surface area (Å²) in [7, 11) is 0. The summed E-state index contributed by atoms with van der Waals surface area (Å²) >= 11 is 0. The molecule has 3 unspecified atom stereocenters. The van der Waals surface area contributed by atoms with Gasteiger partial charge in [-0.2, -0.15) is 0 Å². The third-order valence-electron chi connectivity index (χ3n) is 3.69. The highest BCUT2D eigenvalue weighted by Gasteiger charge is 2.41. The summed E-state index contributed by atoms with van der Waals surface area (Å²) in [5.41, 5.74) is 1.54. The van der Waals surface area contributed by atoms with E-state index < -0.39 is 0 Å².